The lowest BCUT2D eigenvalue weighted by molar-refractivity contribution is -0.131. The van der Waals surface area contributed by atoms with Gasteiger partial charge in [0.15, 0.2) is 0 Å². The topological polar surface area (TPSA) is 45.7 Å². The van der Waals surface area contributed by atoms with Crippen LogP contribution in [0.1, 0.15) is 24.0 Å². The lowest BCUT2D eigenvalue weighted by Crippen LogP contribution is -2.46. The number of ether oxygens (including phenoxy) is 1. The third kappa shape index (κ3) is 3.75. The molecule has 1 fully saturated rings. The van der Waals surface area contributed by atoms with Crippen LogP contribution in [0, 0.1) is 5.82 Å². The summed E-state index contributed by atoms with van der Waals surface area (Å²) in [4.78, 5) is 21.1. The van der Waals surface area contributed by atoms with Gasteiger partial charge < -0.3 is 14.5 Å². The summed E-state index contributed by atoms with van der Waals surface area (Å²) in [7, 11) is 1.57. The molecule has 5 nitrogen and oxygen atoms in total. The van der Waals surface area contributed by atoms with E-state index in [9.17, 15) is 9.18 Å². The smallest absolute Gasteiger partial charge is 0.226 e. The second-order valence-electron chi connectivity index (χ2n) is 7.21. The first kappa shape index (κ1) is 17.8. The molecule has 3 heterocycles. The molecule has 0 saturated carbocycles. The molecule has 2 aliphatic heterocycles. The molecule has 2 aliphatic rings. The van der Waals surface area contributed by atoms with Crippen molar-refractivity contribution < 1.29 is 13.9 Å². The number of benzene rings is 1. The molecule has 0 aliphatic carbocycles. The molecule has 27 heavy (non-hydrogen) atoms. The van der Waals surface area contributed by atoms with Crippen molar-refractivity contribution in [2.45, 2.75) is 31.7 Å². The number of likely N-dealkylation sites (tertiary alicyclic amines) is 1. The standard InChI is InChI=1S/C21H24FN3O2/c1-27-20-12-15(4-8-23-20)13-21(26)24-9-6-18(7-10-24)25-11-5-16-14-17(22)2-3-19(16)25/h2-4,8,12,14,18H,5-7,9-11,13H2,1H3. The fourth-order valence-electron chi connectivity index (χ4n) is 4.16. The van der Waals surface area contributed by atoms with Crippen molar-refractivity contribution in [2.24, 2.45) is 0 Å². The van der Waals surface area contributed by atoms with Crippen molar-refractivity contribution in [2.75, 3.05) is 31.6 Å². The molecule has 1 aromatic heterocycles. The van der Waals surface area contributed by atoms with Crippen molar-refractivity contribution in [1.82, 2.24) is 9.88 Å². The van der Waals surface area contributed by atoms with Gasteiger partial charge in [-0.15, -0.1) is 0 Å². The van der Waals surface area contributed by atoms with Crippen LogP contribution in [0.2, 0.25) is 0 Å². The Balaban J connectivity index is 1.35. The van der Waals surface area contributed by atoms with Gasteiger partial charge in [-0.1, -0.05) is 0 Å². The third-order valence-corrected chi connectivity index (χ3v) is 5.59. The summed E-state index contributed by atoms with van der Waals surface area (Å²) < 4.78 is 18.5. The Bertz CT molecular complexity index is 834. The first-order valence-corrected chi connectivity index (χ1v) is 9.46. The summed E-state index contributed by atoms with van der Waals surface area (Å²) in [5.41, 5.74) is 3.18. The second kappa shape index (κ2) is 7.55. The normalized spacial score (nSPS) is 17.1. The van der Waals surface area contributed by atoms with Gasteiger partial charge in [-0.05, 0) is 54.7 Å². The molecule has 4 rings (SSSR count). The number of carbonyl (C=O) groups is 1. The Labute approximate surface area is 158 Å². The summed E-state index contributed by atoms with van der Waals surface area (Å²) in [6, 6.07) is 9.17. The van der Waals surface area contributed by atoms with Crippen molar-refractivity contribution in [3.63, 3.8) is 0 Å². The maximum Gasteiger partial charge on any atom is 0.226 e. The van der Waals surface area contributed by atoms with Crippen LogP contribution in [0.5, 0.6) is 5.88 Å². The van der Waals surface area contributed by atoms with Crippen LogP contribution in [0.25, 0.3) is 0 Å². The summed E-state index contributed by atoms with van der Waals surface area (Å²) in [6.45, 7) is 2.46. The second-order valence-corrected chi connectivity index (χ2v) is 7.21. The molecule has 0 bridgehead atoms. The van der Waals surface area contributed by atoms with Crippen LogP contribution in [-0.4, -0.2) is 48.6 Å². The number of aromatic nitrogens is 1. The molecule has 0 atom stereocenters. The van der Waals surface area contributed by atoms with Gasteiger partial charge in [-0.25, -0.2) is 9.37 Å². The van der Waals surface area contributed by atoms with Crippen LogP contribution in [0.15, 0.2) is 36.5 Å². The van der Waals surface area contributed by atoms with Crippen molar-refractivity contribution in [3.05, 3.63) is 53.5 Å². The fraction of sp³-hybridized carbons (Fsp3) is 0.429. The largest absolute Gasteiger partial charge is 0.481 e. The number of anilines is 1. The number of methoxy groups -OCH3 is 1. The van der Waals surface area contributed by atoms with Crippen LogP contribution < -0.4 is 9.64 Å². The van der Waals surface area contributed by atoms with Crippen molar-refractivity contribution in [3.8, 4) is 5.88 Å². The number of hydrogen-bond donors (Lipinski definition) is 0. The number of piperidine rings is 1. The minimum Gasteiger partial charge on any atom is -0.481 e. The highest BCUT2D eigenvalue weighted by Gasteiger charge is 2.30. The zero-order chi connectivity index (χ0) is 18.8. The van der Waals surface area contributed by atoms with Gasteiger partial charge in [0, 0.05) is 43.6 Å². The Kier molecular flexibility index (Phi) is 4.97. The van der Waals surface area contributed by atoms with Crippen molar-refractivity contribution >= 4 is 11.6 Å². The Morgan fingerprint density at radius 1 is 1.22 bits per heavy atom. The number of fused-ring (bicyclic) bond motifs is 1. The van der Waals surface area contributed by atoms with Gasteiger partial charge >= 0.3 is 0 Å². The molecule has 1 saturated heterocycles. The van der Waals surface area contributed by atoms with E-state index in [4.69, 9.17) is 4.74 Å². The van der Waals surface area contributed by atoms with E-state index in [1.165, 1.54) is 0 Å². The van der Waals surface area contributed by atoms with E-state index in [-0.39, 0.29) is 11.7 Å². The van der Waals surface area contributed by atoms with Crippen LogP contribution >= 0.6 is 0 Å². The van der Waals surface area contributed by atoms with Crippen LogP contribution in [-0.2, 0) is 17.6 Å². The number of pyridine rings is 1. The molecule has 142 valence electrons. The number of amides is 1. The van der Waals surface area contributed by atoms with Gasteiger partial charge in [0.2, 0.25) is 11.8 Å². The molecule has 6 heteroatoms. The molecule has 0 radical (unpaired) electrons. The minimum atomic E-state index is -0.163. The first-order chi connectivity index (χ1) is 13.1. The lowest BCUT2D eigenvalue weighted by Gasteiger charge is -2.38. The van der Waals surface area contributed by atoms with Gasteiger partial charge in [0.25, 0.3) is 0 Å². The number of carbonyl (C=O) groups excluding carboxylic acids is 1. The maximum atomic E-state index is 13.4. The summed E-state index contributed by atoms with van der Waals surface area (Å²) in [5, 5.41) is 0. The summed E-state index contributed by atoms with van der Waals surface area (Å²) in [6.07, 6.45) is 4.83. The number of hydrogen-bond acceptors (Lipinski definition) is 4. The zero-order valence-electron chi connectivity index (χ0n) is 15.5. The molecule has 0 unspecified atom stereocenters. The van der Waals surface area contributed by atoms with E-state index in [0.717, 1.165) is 55.7 Å². The highest BCUT2D eigenvalue weighted by Crippen LogP contribution is 2.33. The van der Waals surface area contributed by atoms with Gasteiger partial charge in [-0.3, -0.25) is 4.79 Å². The Morgan fingerprint density at radius 3 is 2.81 bits per heavy atom. The quantitative estimate of drug-likeness (QED) is 0.831. The number of rotatable bonds is 4. The SMILES string of the molecule is COc1cc(CC(=O)N2CCC(N3CCc4cc(F)ccc43)CC2)ccn1. The predicted octanol–water partition coefficient (Wildman–Crippen LogP) is 2.83. The summed E-state index contributed by atoms with van der Waals surface area (Å²) in [5.74, 6) is 0.512. The van der Waals surface area contributed by atoms with E-state index in [1.54, 1.807) is 25.4 Å². The predicted molar refractivity (Wildman–Crippen MR) is 102 cm³/mol. The maximum absolute atomic E-state index is 13.4. The van der Waals surface area contributed by atoms with E-state index in [2.05, 4.69) is 9.88 Å². The van der Waals surface area contributed by atoms with Gasteiger partial charge in [0.05, 0.1) is 13.5 Å². The molecule has 0 N–H and O–H groups in total. The van der Waals surface area contributed by atoms with E-state index in [1.807, 2.05) is 23.1 Å². The number of nitrogens with zero attached hydrogens (tertiary/aromatic N) is 3. The van der Waals surface area contributed by atoms with Gasteiger partial charge in [-0.2, -0.15) is 0 Å². The monoisotopic (exact) mass is 369 g/mol. The zero-order valence-corrected chi connectivity index (χ0v) is 15.5. The van der Waals surface area contributed by atoms with Crippen LogP contribution in [0.4, 0.5) is 10.1 Å². The molecule has 0 spiro atoms. The molecule has 2 aromatic rings. The molecule has 1 amide bonds. The fourth-order valence-corrected chi connectivity index (χ4v) is 4.16. The number of halogens is 1. The average Bonchev–Trinajstić information content (AvgIpc) is 3.11. The first-order valence-electron chi connectivity index (χ1n) is 9.46. The van der Waals surface area contributed by atoms with Crippen molar-refractivity contribution in [1.29, 1.82) is 0 Å². The highest BCUT2D eigenvalue weighted by atomic mass is 19.1. The van der Waals surface area contributed by atoms with Gasteiger partial charge in [0.1, 0.15) is 5.82 Å². The molecule has 1 aromatic carbocycles. The molecular weight excluding hydrogens is 345 g/mol. The van der Waals surface area contributed by atoms with E-state index < -0.39 is 0 Å². The van der Waals surface area contributed by atoms with E-state index >= 15 is 0 Å². The highest BCUT2D eigenvalue weighted by molar-refractivity contribution is 5.79. The molecular formula is C21H24FN3O2. The lowest BCUT2D eigenvalue weighted by atomic mass is 10.0. The van der Waals surface area contributed by atoms with E-state index in [0.29, 0.717) is 18.3 Å². The minimum absolute atomic E-state index is 0.144. The van der Waals surface area contributed by atoms with Crippen LogP contribution in [0.3, 0.4) is 0 Å². The third-order valence-electron chi connectivity index (χ3n) is 5.59. The Hall–Kier alpha value is -2.63. The average molecular weight is 369 g/mol. The Morgan fingerprint density at radius 2 is 2.04 bits per heavy atom. The summed E-state index contributed by atoms with van der Waals surface area (Å²) >= 11 is 0.